The Morgan fingerprint density at radius 2 is 1.59 bits per heavy atom. The SMILES string of the molecule is C/C=C/C1CCC(C(C)C2CCC(C3CCC(CCC)OC3=O)CC2)CC1. The molecule has 1 aliphatic heterocycles. The number of cyclic esters (lactones) is 1. The molecule has 27 heavy (non-hydrogen) atoms. The van der Waals surface area contributed by atoms with E-state index in [-0.39, 0.29) is 18.0 Å². The van der Waals surface area contributed by atoms with Crippen LogP contribution in [0.2, 0.25) is 0 Å². The fraction of sp³-hybridized carbons (Fsp3) is 0.880. The average Bonchev–Trinajstić information content (AvgIpc) is 2.69. The zero-order chi connectivity index (χ0) is 19.2. The van der Waals surface area contributed by atoms with Crippen LogP contribution in [-0.2, 0) is 9.53 Å². The van der Waals surface area contributed by atoms with E-state index in [9.17, 15) is 4.79 Å². The predicted octanol–water partition coefficient (Wildman–Crippen LogP) is 6.93. The quantitative estimate of drug-likeness (QED) is 0.372. The minimum atomic E-state index is 0.124. The van der Waals surface area contributed by atoms with E-state index in [1.54, 1.807) is 0 Å². The summed E-state index contributed by atoms with van der Waals surface area (Å²) in [5.41, 5.74) is 0. The van der Waals surface area contributed by atoms with Gasteiger partial charge in [0.25, 0.3) is 0 Å². The van der Waals surface area contributed by atoms with Gasteiger partial charge in [-0.05, 0) is 107 Å². The molecular weight excluding hydrogens is 332 g/mol. The van der Waals surface area contributed by atoms with Crippen molar-refractivity contribution in [1.29, 1.82) is 0 Å². The second-order valence-electron chi connectivity index (χ2n) is 9.77. The predicted molar refractivity (Wildman–Crippen MR) is 112 cm³/mol. The third kappa shape index (κ3) is 5.39. The molecule has 0 bridgehead atoms. The maximum absolute atomic E-state index is 12.5. The van der Waals surface area contributed by atoms with Crippen LogP contribution in [-0.4, -0.2) is 12.1 Å². The Hall–Kier alpha value is -0.790. The van der Waals surface area contributed by atoms with Gasteiger partial charge >= 0.3 is 5.97 Å². The van der Waals surface area contributed by atoms with Crippen molar-refractivity contribution in [2.45, 2.75) is 104 Å². The summed E-state index contributed by atoms with van der Waals surface area (Å²) in [6.07, 6.45) is 20.0. The first-order valence-electron chi connectivity index (χ1n) is 12.0. The summed E-state index contributed by atoms with van der Waals surface area (Å²) in [7, 11) is 0. The van der Waals surface area contributed by atoms with Crippen molar-refractivity contribution in [3.63, 3.8) is 0 Å². The van der Waals surface area contributed by atoms with Crippen molar-refractivity contribution in [1.82, 2.24) is 0 Å². The van der Waals surface area contributed by atoms with Crippen LogP contribution in [0.5, 0.6) is 0 Å². The second kappa shape index (κ2) is 10.1. The molecule has 3 unspecified atom stereocenters. The molecule has 0 aromatic rings. The number of esters is 1. The lowest BCUT2D eigenvalue weighted by molar-refractivity contribution is -0.164. The number of carbonyl (C=O) groups excluding carboxylic acids is 1. The van der Waals surface area contributed by atoms with Crippen molar-refractivity contribution < 1.29 is 9.53 Å². The Balaban J connectivity index is 1.43. The minimum absolute atomic E-state index is 0.124. The summed E-state index contributed by atoms with van der Waals surface area (Å²) >= 11 is 0. The molecule has 1 heterocycles. The number of hydrogen-bond donors (Lipinski definition) is 0. The molecule has 154 valence electrons. The van der Waals surface area contributed by atoms with E-state index in [0.29, 0.717) is 5.92 Å². The number of ether oxygens (including phenoxy) is 1. The summed E-state index contributed by atoms with van der Waals surface area (Å²) in [6, 6.07) is 0. The fourth-order valence-electron chi connectivity index (χ4n) is 6.34. The molecule has 0 aromatic carbocycles. The van der Waals surface area contributed by atoms with Crippen LogP contribution in [0.15, 0.2) is 12.2 Å². The molecule has 1 saturated heterocycles. The number of allylic oxidation sites excluding steroid dienone is 2. The Morgan fingerprint density at radius 1 is 0.963 bits per heavy atom. The first-order chi connectivity index (χ1) is 13.1. The maximum atomic E-state index is 12.5. The molecule has 2 aliphatic carbocycles. The summed E-state index contributed by atoms with van der Waals surface area (Å²) in [5.74, 6) is 4.44. The first kappa shape index (κ1) is 20.9. The van der Waals surface area contributed by atoms with E-state index >= 15 is 0 Å². The zero-order valence-corrected chi connectivity index (χ0v) is 18.0. The van der Waals surface area contributed by atoms with Gasteiger partial charge in [-0.2, -0.15) is 0 Å². The van der Waals surface area contributed by atoms with Gasteiger partial charge in [0.1, 0.15) is 6.10 Å². The molecule has 0 radical (unpaired) electrons. The lowest BCUT2D eigenvalue weighted by atomic mass is 9.65. The van der Waals surface area contributed by atoms with Gasteiger partial charge in [0.05, 0.1) is 5.92 Å². The van der Waals surface area contributed by atoms with E-state index in [0.717, 1.165) is 49.4 Å². The fourth-order valence-corrected chi connectivity index (χ4v) is 6.34. The largest absolute Gasteiger partial charge is 0.462 e. The highest BCUT2D eigenvalue weighted by Gasteiger charge is 2.39. The van der Waals surface area contributed by atoms with Gasteiger partial charge in [-0.25, -0.2) is 0 Å². The van der Waals surface area contributed by atoms with Gasteiger partial charge in [-0.3, -0.25) is 4.79 Å². The van der Waals surface area contributed by atoms with Crippen molar-refractivity contribution in [2.24, 2.45) is 35.5 Å². The molecule has 2 saturated carbocycles. The Bertz CT molecular complexity index is 481. The lowest BCUT2D eigenvalue weighted by Crippen LogP contribution is -2.37. The lowest BCUT2D eigenvalue weighted by Gasteiger charge is -2.41. The standard InChI is InChI=1S/C25H42O2/c1-4-6-19-8-10-20(11-9-19)18(3)21-12-14-22(15-13-21)24-17-16-23(7-5-2)27-25(24)26/h4,6,18-24H,5,7-17H2,1-3H3/b6-4+. The Kier molecular flexibility index (Phi) is 7.85. The molecule has 0 N–H and O–H groups in total. The van der Waals surface area contributed by atoms with Gasteiger partial charge in [-0.1, -0.05) is 32.4 Å². The third-order valence-corrected chi connectivity index (χ3v) is 8.15. The molecule has 2 heteroatoms. The van der Waals surface area contributed by atoms with Crippen LogP contribution in [0.3, 0.4) is 0 Å². The average molecular weight is 375 g/mol. The summed E-state index contributed by atoms with van der Waals surface area (Å²) < 4.78 is 5.75. The molecule has 3 rings (SSSR count). The van der Waals surface area contributed by atoms with E-state index < -0.39 is 0 Å². The van der Waals surface area contributed by atoms with Crippen LogP contribution in [0.25, 0.3) is 0 Å². The number of carbonyl (C=O) groups is 1. The molecule has 0 spiro atoms. The molecule has 2 nitrogen and oxygen atoms in total. The van der Waals surface area contributed by atoms with Crippen molar-refractivity contribution >= 4 is 5.97 Å². The Labute approximate surface area is 167 Å². The number of hydrogen-bond acceptors (Lipinski definition) is 2. The molecule has 0 aromatic heterocycles. The summed E-state index contributed by atoms with van der Waals surface area (Å²) in [6.45, 7) is 6.85. The number of rotatable bonds is 6. The topological polar surface area (TPSA) is 26.3 Å². The minimum Gasteiger partial charge on any atom is -0.462 e. The highest BCUT2D eigenvalue weighted by atomic mass is 16.5. The van der Waals surface area contributed by atoms with E-state index in [2.05, 4.69) is 32.9 Å². The molecule has 3 atom stereocenters. The maximum Gasteiger partial charge on any atom is 0.309 e. The van der Waals surface area contributed by atoms with Crippen LogP contribution in [0.1, 0.15) is 97.8 Å². The molecule has 3 fully saturated rings. The summed E-state index contributed by atoms with van der Waals surface area (Å²) in [4.78, 5) is 12.5. The van der Waals surface area contributed by atoms with E-state index in [1.807, 2.05) is 0 Å². The van der Waals surface area contributed by atoms with E-state index in [4.69, 9.17) is 4.74 Å². The summed E-state index contributed by atoms with van der Waals surface area (Å²) in [5, 5.41) is 0. The van der Waals surface area contributed by atoms with Gasteiger partial charge in [0.2, 0.25) is 0 Å². The highest BCUT2D eigenvalue weighted by Crippen LogP contribution is 2.45. The first-order valence-corrected chi connectivity index (χ1v) is 12.0. The monoisotopic (exact) mass is 374 g/mol. The second-order valence-corrected chi connectivity index (χ2v) is 9.77. The smallest absolute Gasteiger partial charge is 0.309 e. The van der Waals surface area contributed by atoms with Crippen molar-refractivity contribution in [3.05, 3.63) is 12.2 Å². The highest BCUT2D eigenvalue weighted by molar-refractivity contribution is 5.73. The zero-order valence-electron chi connectivity index (χ0n) is 18.0. The van der Waals surface area contributed by atoms with Crippen LogP contribution in [0.4, 0.5) is 0 Å². The van der Waals surface area contributed by atoms with Gasteiger partial charge in [0, 0.05) is 0 Å². The third-order valence-electron chi connectivity index (χ3n) is 8.15. The van der Waals surface area contributed by atoms with Crippen molar-refractivity contribution in [2.75, 3.05) is 0 Å². The Morgan fingerprint density at radius 3 is 2.15 bits per heavy atom. The molecular formula is C25H42O2. The molecule has 3 aliphatic rings. The van der Waals surface area contributed by atoms with E-state index in [1.165, 1.54) is 51.4 Å². The van der Waals surface area contributed by atoms with Crippen LogP contribution in [0, 0.1) is 35.5 Å². The van der Waals surface area contributed by atoms with Gasteiger partial charge < -0.3 is 4.74 Å². The van der Waals surface area contributed by atoms with Crippen molar-refractivity contribution in [3.8, 4) is 0 Å². The molecule has 0 amide bonds. The van der Waals surface area contributed by atoms with Crippen LogP contribution < -0.4 is 0 Å². The van der Waals surface area contributed by atoms with Gasteiger partial charge in [0.15, 0.2) is 0 Å². The van der Waals surface area contributed by atoms with Crippen LogP contribution >= 0.6 is 0 Å². The van der Waals surface area contributed by atoms with Gasteiger partial charge in [-0.15, -0.1) is 0 Å². The normalized spacial score (nSPS) is 39.3.